The minimum absolute atomic E-state index is 0.108. The van der Waals surface area contributed by atoms with Crippen LogP contribution in [0.1, 0.15) is 52.4 Å². The quantitative estimate of drug-likeness (QED) is 0.225. The Morgan fingerprint density at radius 1 is 0.625 bits per heavy atom. The van der Waals surface area contributed by atoms with Crippen LogP contribution in [0.25, 0.3) is 22.3 Å². The first kappa shape index (κ1) is 24.3. The Bertz CT molecular complexity index is 1790. The Kier molecular flexibility index (Phi) is 5.57. The molecule has 7 rings (SSSR count). The molecule has 1 heterocycles. The van der Waals surface area contributed by atoms with Gasteiger partial charge in [0.1, 0.15) is 0 Å². The number of nitrogens with zero attached hydrogens (tertiary/aromatic N) is 1. The van der Waals surface area contributed by atoms with Crippen molar-refractivity contribution in [2.24, 2.45) is 0 Å². The van der Waals surface area contributed by atoms with Gasteiger partial charge in [0.15, 0.2) is 0 Å². The van der Waals surface area contributed by atoms with Crippen LogP contribution in [0.2, 0.25) is 0 Å². The summed E-state index contributed by atoms with van der Waals surface area (Å²) in [6.07, 6.45) is 0.536. The standard InChI is InChI=1S/C37H29NO2/c1-37(2)33-16-10-9-15-29(33)30-20-18-26(23-34(30)37)25-17-19-28-31(21-24-11-5-3-6-12-24)35(39)38(36(40)32(28)22-25)27-13-7-4-8-14-27/h3-20,22-23,31H,21H2,1-2H3/t31-/m1/s1. The highest BCUT2D eigenvalue weighted by Crippen LogP contribution is 2.49. The zero-order valence-electron chi connectivity index (χ0n) is 22.6. The summed E-state index contributed by atoms with van der Waals surface area (Å²) in [5.41, 5.74) is 10.2. The van der Waals surface area contributed by atoms with Gasteiger partial charge in [-0.05, 0) is 75.2 Å². The van der Waals surface area contributed by atoms with Crippen molar-refractivity contribution < 1.29 is 9.59 Å². The van der Waals surface area contributed by atoms with Gasteiger partial charge in [-0.25, -0.2) is 4.90 Å². The van der Waals surface area contributed by atoms with Gasteiger partial charge in [0, 0.05) is 11.0 Å². The van der Waals surface area contributed by atoms with Gasteiger partial charge < -0.3 is 0 Å². The summed E-state index contributed by atoms with van der Waals surface area (Å²) in [5, 5.41) is 0. The minimum atomic E-state index is -0.446. The lowest BCUT2D eigenvalue weighted by Gasteiger charge is -2.33. The molecule has 2 amide bonds. The van der Waals surface area contributed by atoms with E-state index in [-0.39, 0.29) is 17.2 Å². The third kappa shape index (κ3) is 3.73. The van der Waals surface area contributed by atoms with Crippen LogP contribution in [0.5, 0.6) is 0 Å². The Morgan fingerprint density at radius 3 is 2.02 bits per heavy atom. The Balaban J connectivity index is 1.34. The zero-order valence-corrected chi connectivity index (χ0v) is 22.6. The topological polar surface area (TPSA) is 37.4 Å². The Labute approximate surface area is 234 Å². The number of imide groups is 1. The molecule has 1 atom stereocenters. The number of hydrogen-bond donors (Lipinski definition) is 0. The molecule has 0 spiro atoms. The van der Waals surface area contributed by atoms with Gasteiger partial charge in [-0.2, -0.15) is 0 Å². The van der Waals surface area contributed by atoms with Gasteiger partial charge in [0.05, 0.1) is 11.6 Å². The summed E-state index contributed by atoms with van der Waals surface area (Å²) < 4.78 is 0. The van der Waals surface area contributed by atoms with Gasteiger partial charge >= 0.3 is 0 Å². The third-order valence-electron chi connectivity index (χ3n) is 8.59. The fourth-order valence-corrected chi connectivity index (χ4v) is 6.49. The van der Waals surface area contributed by atoms with Gasteiger partial charge in [0.25, 0.3) is 5.91 Å². The third-order valence-corrected chi connectivity index (χ3v) is 8.59. The van der Waals surface area contributed by atoms with Gasteiger partial charge in [-0.3, -0.25) is 9.59 Å². The number of hydrogen-bond acceptors (Lipinski definition) is 2. The molecule has 40 heavy (non-hydrogen) atoms. The Hall–Kier alpha value is -4.76. The number of para-hydroxylation sites is 1. The van der Waals surface area contributed by atoms with Crippen LogP contribution in [0.3, 0.4) is 0 Å². The highest BCUT2D eigenvalue weighted by molar-refractivity contribution is 6.26. The van der Waals surface area contributed by atoms with Crippen molar-refractivity contribution in [2.45, 2.75) is 31.6 Å². The van der Waals surface area contributed by atoms with E-state index in [9.17, 15) is 9.59 Å². The summed E-state index contributed by atoms with van der Waals surface area (Å²) in [6, 6.07) is 40.5. The number of carbonyl (C=O) groups is 2. The fourth-order valence-electron chi connectivity index (χ4n) is 6.49. The molecule has 5 aromatic carbocycles. The summed E-state index contributed by atoms with van der Waals surface area (Å²) in [7, 11) is 0. The maximum Gasteiger partial charge on any atom is 0.265 e. The minimum Gasteiger partial charge on any atom is -0.273 e. The van der Waals surface area contributed by atoms with E-state index in [1.54, 1.807) is 0 Å². The van der Waals surface area contributed by atoms with E-state index in [0.29, 0.717) is 17.7 Å². The number of benzene rings is 5. The second kappa shape index (κ2) is 9.17. The van der Waals surface area contributed by atoms with Crippen molar-refractivity contribution in [1.82, 2.24) is 0 Å². The highest BCUT2D eigenvalue weighted by Gasteiger charge is 2.40. The average Bonchev–Trinajstić information content (AvgIpc) is 3.22. The van der Waals surface area contributed by atoms with E-state index in [4.69, 9.17) is 0 Å². The van der Waals surface area contributed by atoms with Crippen molar-refractivity contribution in [1.29, 1.82) is 0 Å². The molecule has 0 bridgehead atoms. The normalized spacial score (nSPS) is 16.9. The van der Waals surface area contributed by atoms with E-state index < -0.39 is 5.92 Å². The number of rotatable bonds is 4. The second-order valence-corrected chi connectivity index (χ2v) is 11.3. The predicted molar refractivity (Wildman–Crippen MR) is 161 cm³/mol. The lowest BCUT2D eigenvalue weighted by molar-refractivity contribution is -0.119. The number of carbonyl (C=O) groups excluding carboxylic acids is 2. The molecule has 0 radical (unpaired) electrons. The first-order chi connectivity index (χ1) is 19.4. The number of amides is 2. The molecule has 3 nitrogen and oxygen atoms in total. The van der Waals surface area contributed by atoms with Crippen LogP contribution in [-0.4, -0.2) is 11.8 Å². The number of anilines is 1. The van der Waals surface area contributed by atoms with Crippen LogP contribution in [0.15, 0.2) is 121 Å². The molecule has 2 aliphatic rings. The average molecular weight is 520 g/mol. The van der Waals surface area contributed by atoms with E-state index in [0.717, 1.165) is 22.3 Å². The summed E-state index contributed by atoms with van der Waals surface area (Å²) in [6.45, 7) is 4.55. The zero-order chi connectivity index (χ0) is 27.4. The van der Waals surface area contributed by atoms with Crippen LogP contribution >= 0.6 is 0 Å². The molecule has 194 valence electrons. The van der Waals surface area contributed by atoms with E-state index in [1.165, 1.54) is 27.2 Å². The van der Waals surface area contributed by atoms with E-state index in [2.05, 4.69) is 62.4 Å². The molecule has 0 saturated heterocycles. The van der Waals surface area contributed by atoms with Crippen molar-refractivity contribution >= 4 is 17.5 Å². The molecule has 1 aliphatic heterocycles. The van der Waals surface area contributed by atoms with Gasteiger partial charge in [-0.15, -0.1) is 0 Å². The number of fused-ring (bicyclic) bond motifs is 4. The Morgan fingerprint density at radius 2 is 1.25 bits per heavy atom. The summed E-state index contributed by atoms with van der Waals surface area (Å²) >= 11 is 0. The van der Waals surface area contributed by atoms with Gasteiger partial charge in [0.2, 0.25) is 5.91 Å². The SMILES string of the molecule is CC1(C)c2ccccc2-c2ccc(-c3ccc4c(c3)C(=O)N(c3ccccc3)C(=O)[C@@H]4Cc3ccccc3)cc21. The maximum atomic E-state index is 14.0. The molecule has 3 heteroatoms. The van der Waals surface area contributed by atoms with Crippen molar-refractivity contribution in [3.63, 3.8) is 0 Å². The first-order valence-corrected chi connectivity index (χ1v) is 13.8. The summed E-state index contributed by atoms with van der Waals surface area (Å²) in [4.78, 5) is 29.2. The molecule has 0 saturated carbocycles. The first-order valence-electron chi connectivity index (χ1n) is 13.8. The van der Waals surface area contributed by atoms with Crippen molar-refractivity contribution in [2.75, 3.05) is 4.90 Å². The van der Waals surface area contributed by atoms with Crippen molar-refractivity contribution in [3.8, 4) is 22.3 Å². The van der Waals surface area contributed by atoms with Crippen LogP contribution in [0, 0.1) is 0 Å². The van der Waals surface area contributed by atoms with Crippen LogP contribution in [-0.2, 0) is 16.6 Å². The molecule has 0 aromatic heterocycles. The second-order valence-electron chi connectivity index (χ2n) is 11.3. The molecule has 0 unspecified atom stereocenters. The fraction of sp³-hybridized carbons (Fsp3) is 0.135. The smallest absolute Gasteiger partial charge is 0.265 e. The molecule has 0 N–H and O–H groups in total. The lowest BCUT2D eigenvalue weighted by atomic mass is 9.80. The largest absolute Gasteiger partial charge is 0.273 e. The molecule has 5 aromatic rings. The molecule has 1 aliphatic carbocycles. The summed E-state index contributed by atoms with van der Waals surface area (Å²) in [5.74, 6) is -0.901. The van der Waals surface area contributed by atoms with E-state index in [1.807, 2.05) is 72.8 Å². The lowest BCUT2D eigenvalue weighted by Crippen LogP contribution is -2.45. The van der Waals surface area contributed by atoms with Crippen molar-refractivity contribution in [3.05, 3.63) is 149 Å². The van der Waals surface area contributed by atoms with E-state index >= 15 is 0 Å². The highest BCUT2D eigenvalue weighted by atomic mass is 16.2. The van der Waals surface area contributed by atoms with Gasteiger partial charge in [-0.1, -0.05) is 111 Å². The molecule has 0 fully saturated rings. The maximum absolute atomic E-state index is 14.0. The van der Waals surface area contributed by atoms with Crippen LogP contribution < -0.4 is 4.90 Å². The van der Waals surface area contributed by atoms with Crippen LogP contribution in [0.4, 0.5) is 5.69 Å². The molecular formula is C37H29NO2. The molecular weight excluding hydrogens is 490 g/mol. The predicted octanol–water partition coefficient (Wildman–Crippen LogP) is 8.17. The monoisotopic (exact) mass is 519 g/mol.